The molecule has 4 heteroatoms. The van der Waals surface area contributed by atoms with Gasteiger partial charge in [0, 0.05) is 23.9 Å². The minimum absolute atomic E-state index is 0.165. The van der Waals surface area contributed by atoms with E-state index in [9.17, 15) is 9.59 Å². The summed E-state index contributed by atoms with van der Waals surface area (Å²) in [6.07, 6.45) is 4.46. The number of hydrogen-bond acceptors (Lipinski definition) is 2. The number of rotatable bonds is 1. The van der Waals surface area contributed by atoms with E-state index < -0.39 is 0 Å². The normalized spacial score (nSPS) is 16.3. The van der Waals surface area contributed by atoms with Crippen LogP contribution in [-0.4, -0.2) is 16.4 Å². The molecule has 0 saturated carbocycles. The first-order valence-electron chi connectivity index (χ1n) is 5.15. The third kappa shape index (κ3) is 1.56. The van der Waals surface area contributed by atoms with Crippen LogP contribution in [0.2, 0.25) is 0 Å². The molecule has 0 aliphatic carbocycles. The molecule has 1 aliphatic rings. The molecule has 84 valence electrons. The van der Waals surface area contributed by atoms with Crippen molar-refractivity contribution in [2.75, 3.05) is 4.90 Å². The molecule has 0 bridgehead atoms. The number of imide groups is 1. The molecule has 2 rings (SSSR count). The highest BCUT2D eigenvalue weighted by atomic mass is 16.2. The summed E-state index contributed by atoms with van der Waals surface area (Å²) in [4.78, 5) is 24.3. The molecule has 1 aromatic heterocycles. The van der Waals surface area contributed by atoms with Gasteiger partial charge in [-0.05, 0) is 32.9 Å². The van der Waals surface area contributed by atoms with E-state index in [1.807, 2.05) is 37.6 Å². The van der Waals surface area contributed by atoms with Crippen LogP contribution >= 0.6 is 0 Å². The van der Waals surface area contributed by atoms with Crippen LogP contribution in [0.3, 0.4) is 0 Å². The molecule has 0 N–H and O–H groups in total. The van der Waals surface area contributed by atoms with Gasteiger partial charge in [-0.15, -0.1) is 0 Å². The van der Waals surface area contributed by atoms with Crippen molar-refractivity contribution in [3.05, 3.63) is 30.5 Å². The van der Waals surface area contributed by atoms with Crippen molar-refractivity contribution >= 4 is 17.6 Å². The molecule has 0 spiro atoms. The average Bonchev–Trinajstić information content (AvgIpc) is 2.72. The summed E-state index contributed by atoms with van der Waals surface area (Å²) >= 11 is 0. The Labute approximate surface area is 94.2 Å². The highest BCUT2D eigenvalue weighted by Gasteiger charge is 2.29. The topological polar surface area (TPSA) is 42.3 Å². The van der Waals surface area contributed by atoms with Gasteiger partial charge in [-0.25, -0.2) is 4.90 Å². The van der Waals surface area contributed by atoms with Crippen LogP contribution in [0.25, 0.3) is 0 Å². The highest BCUT2D eigenvalue weighted by molar-refractivity contribution is 6.27. The third-order valence-corrected chi connectivity index (χ3v) is 2.49. The Bertz CT molecular complexity index is 459. The second-order valence-electron chi connectivity index (χ2n) is 4.75. The Hall–Kier alpha value is -1.84. The van der Waals surface area contributed by atoms with E-state index in [0.29, 0.717) is 5.82 Å². The zero-order valence-electron chi connectivity index (χ0n) is 9.60. The summed E-state index contributed by atoms with van der Waals surface area (Å²) in [6, 6.07) is 3.60. The maximum Gasteiger partial charge on any atom is 0.259 e. The SMILES string of the molecule is CC(C)(C)n1cccc1N1C(=O)C=CC1=O. The van der Waals surface area contributed by atoms with E-state index in [2.05, 4.69) is 0 Å². The second kappa shape index (κ2) is 3.33. The zero-order chi connectivity index (χ0) is 11.9. The van der Waals surface area contributed by atoms with E-state index in [-0.39, 0.29) is 17.4 Å². The number of aromatic nitrogens is 1. The number of nitrogens with zero attached hydrogens (tertiary/aromatic N) is 2. The molecule has 2 amide bonds. The van der Waals surface area contributed by atoms with Gasteiger partial charge < -0.3 is 4.57 Å². The van der Waals surface area contributed by atoms with E-state index in [4.69, 9.17) is 0 Å². The fourth-order valence-electron chi connectivity index (χ4n) is 1.75. The summed E-state index contributed by atoms with van der Waals surface area (Å²) in [7, 11) is 0. The van der Waals surface area contributed by atoms with Crippen molar-refractivity contribution in [3.8, 4) is 0 Å². The molecular formula is C12H14N2O2. The monoisotopic (exact) mass is 218 g/mol. The maximum absolute atomic E-state index is 11.6. The van der Waals surface area contributed by atoms with Gasteiger partial charge in [-0.2, -0.15) is 0 Å². The van der Waals surface area contributed by atoms with Gasteiger partial charge >= 0.3 is 0 Å². The second-order valence-corrected chi connectivity index (χ2v) is 4.75. The molecular weight excluding hydrogens is 204 g/mol. The van der Waals surface area contributed by atoms with Crippen LogP contribution in [-0.2, 0) is 15.1 Å². The molecule has 1 aromatic rings. The van der Waals surface area contributed by atoms with Crippen LogP contribution in [0.4, 0.5) is 5.82 Å². The summed E-state index contributed by atoms with van der Waals surface area (Å²) < 4.78 is 1.91. The number of carbonyl (C=O) groups excluding carboxylic acids is 2. The summed E-state index contributed by atoms with van der Waals surface area (Å²) in [5.41, 5.74) is -0.165. The fraction of sp³-hybridized carbons (Fsp3) is 0.333. The molecule has 4 nitrogen and oxygen atoms in total. The van der Waals surface area contributed by atoms with Crippen molar-refractivity contribution < 1.29 is 9.59 Å². The lowest BCUT2D eigenvalue weighted by Gasteiger charge is -2.27. The molecule has 0 unspecified atom stereocenters. The molecule has 0 atom stereocenters. The predicted octanol–water partition coefficient (Wildman–Crippen LogP) is 1.67. The minimum Gasteiger partial charge on any atom is -0.329 e. The van der Waals surface area contributed by atoms with Crippen LogP contribution in [0.5, 0.6) is 0 Å². The Morgan fingerprint density at radius 1 is 1.06 bits per heavy atom. The quantitative estimate of drug-likeness (QED) is 0.673. The van der Waals surface area contributed by atoms with Gasteiger partial charge in [0.1, 0.15) is 5.82 Å². The van der Waals surface area contributed by atoms with E-state index in [1.54, 1.807) is 6.07 Å². The Kier molecular flexibility index (Phi) is 2.22. The summed E-state index contributed by atoms with van der Waals surface area (Å²) in [6.45, 7) is 6.07. The van der Waals surface area contributed by atoms with Crippen LogP contribution in [0.15, 0.2) is 30.5 Å². The smallest absolute Gasteiger partial charge is 0.259 e. The summed E-state index contributed by atoms with van der Waals surface area (Å²) in [5, 5.41) is 0. The molecule has 2 heterocycles. The average molecular weight is 218 g/mol. The van der Waals surface area contributed by atoms with Gasteiger partial charge in [0.15, 0.2) is 0 Å². The van der Waals surface area contributed by atoms with Gasteiger partial charge in [-0.1, -0.05) is 0 Å². The number of amides is 2. The highest BCUT2D eigenvalue weighted by Crippen LogP contribution is 2.26. The van der Waals surface area contributed by atoms with Crippen molar-refractivity contribution in [1.29, 1.82) is 0 Å². The molecule has 0 aromatic carbocycles. The standard InChI is InChI=1S/C12H14N2O2/c1-12(2,3)13-8-4-5-9(13)14-10(15)6-7-11(14)16/h4-8H,1-3H3. The molecule has 1 aliphatic heterocycles. The van der Waals surface area contributed by atoms with Crippen molar-refractivity contribution in [3.63, 3.8) is 0 Å². The first-order valence-corrected chi connectivity index (χ1v) is 5.15. The fourth-order valence-corrected chi connectivity index (χ4v) is 1.75. The number of hydrogen-bond donors (Lipinski definition) is 0. The first kappa shape index (κ1) is 10.7. The van der Waals surface area contributed by atoms with Crippen molar-refractivity contribution in [2.24, 2.45) is 0 Å². The van der Waals surface area contributed by atoms with Crippen molar-refractivity contribution in [1.82, 2.24) is 4.57 Å². The van der Waals surface area contributed by atoms with E-state index >= 15 is 0 Å². The van der Waals surface area contributed by atoms with Gasteiger partial charge in [0.2, 0.25) is 0 Å². The van der Waals surface area contributed by atoms with E-state index in [0.717, 1.165) is 0 Å². The Morgan fingerprint density at radius 2 is 1.62 bits per heavy atom. The zero-order valence-corrected chi connectivity index (χ0v) is 9.60. The first-order chi connectivity index (χ1) is 7.41. The van der Waals surface area contributed by atoms with Gasteiger partial charge in [0.25, 0.3) is 11.8 Å². The van der Waals surface area contributed by atoms with Crippen LogP contribution < -0.4 is 4.90 Å². The van der Waals surface area contributed by atoms with Crippen LogP contribution in [0.1, 0.15) is 20.8 Å². The van der Waals surface area contributed by atoms with Crippen molar-refractivity contribution in [2.45, 2.75) is 26.3 Å². The maximum atomic E-state index is 11.6. The van der Waals surface area contributed by atoms with Gasteiger partial charge in [-0.3, -0.25) is 9.59 Å². The third-order valence-electron chi connectivity index (χ3n) is 2.49. The van der Waals surface area contributed by atoms with E-state index in [1.165, 1.54) is 17.1 Å². The largest absolute Gasteiger partial charge is 0.329 e. The van der Waals surface area contributed by atoms with Crippen LogP contribution in [0, 0.1) is 0 Å². The Balaban J connectivity index is 2.46. The molecule has 0 fully saturated rings. The predicted molar refractivity (Wildman–Crippen MR) is 61.1 cm³/mol. The lowest BCUT2D eigenvalue weighted by molar-refractivity contribution is -0.120. The van der Waals surface area contributed by atoms with Gasteiger partial charge in [0.05, 0.1) is 0 Å². The summed E-state index contributed by atoms with van der Waals surface area (Å²) in [5.74, 6) is 0.0518. The number of anilines is 1. The molecule has 0 saturated heterocycles. The number of carbonyl (C=O) groups is 2. The molecule has 0 radical (unpaired) electrons. The lowest BCUT2D eigenvalue weighted by atomic mass is 10.1. The Morgan fingerprint density at radius 3 is 2.12 bits per heavy atom. The molecule has 16 heavy (non-hydrogen) atoms. The minimum atomic E-state index is -0.283. The lowest BCUT2D eigenvalue weighted by Crippen LogP contribution is -2.34.